The molecule has 0 saturated carbocycles. The molecule has 2 heterocycles. The van der Waals surface area contributed by atoms with Crippen molar-refractivity contribution in [3.8, 4) is 0 Å². The molecule has 0 radical (unpaired) electrons. The fourth-order valence-corrected chi connectivity index (χ4v) is 3.15. The van der Waals surface area contributed by atoms with Crippen LogP contribution in [-0.4, -0.2) is 66.9 Å². The minimum Gasteiger partial charge on any atom is -0.450 e. The van der Waals surface area contributed by atoms with Crippen LogP contribution in [0.2, 0.25) is 0 Å². The van der Waals surface area contributed by atoms with Gasteiger partial charge in [-0.15, -0.1) is 12.4 Å². The van der Waals surface area contributed by atoms with E-state index in [2.05, 4.69) is 4.90 Å². The Morgan fingerprint density at radius 2 is 1.68 bits per heavy atom. The Kier molecular flexibility index (Phi) is 7.75. The van der Waals surface area contributed by atoms with Gasteiger partial charge in [-0.05, 0) is 32.6 Å². The van der Waals surface area contributed by atoms with Gasteiger partial charge < -0.3 is 20.1 Å². The average Bonchev–Trinajstić information content (AvgIpc) is 2.48. The number of hydrogen-bond acceptors (Lipinski definition) is 5. The van der Waals surface area contributed by atoms with E-state index >= 15 is 0 Å². The maximum Gasteiger partial charge on any atom is 0.409 e. The molecule has 22 heavy (non-hydrogen) atoms. The molecule has 2 aliphatic heterocycles. The van der Waals surface area contributed by atoms with Crippen LogP contribution in [0.25, 0.3) is 0 Å². The van der Waals surface area contributed by atoms with Gasteiger partial charge in [-0.25, -0.2) is 9.59 Å². The average molecular weight is 336 g/mol. The highest BCUT2D eigenvalue weighted by atomic mass is 35.5. The summed E-state index contributed by atoms with van der Waals surface area (Å²) in [5.41, 5.74) is 5.04. The van der Waals surface area contributed by atoms with Crippen molar-refractivity contribution in [3.05, 3.63) is 0 Å². The third kappa shape index (κ3) is 5.21. The summed E-state index contributed by atoms with van der Waals surface area (Å²) >= 11 is 0. The Morgan fingerprint density at radius 1 is 1.09 bits per heavy atom. The molecule has 2 aliphatic rings. The zero-order valence-corrected chi connectivity index (χ0v) is 13.8. The lowest BCUT2D eigenvalue weighted by atomic mass is 9.99. The van der Waals surface area contributed by atoms with E-state index in [0.717, 1.165) is 51.9 Å². The van der Waals surface area contributed by atoms with Crippen molar-refractivity contribution in [1.29, 1.82) is 0 Å². The summed E-state index contributed by atoms with van der Waals surface area (Å²) in [6, 6.07) is 0.505. The minimum atomic E-state index is -0.684. The van der Waals surface area contributed by atoms with Gasteiger partial charge in [0, 0.05) is 32.2 Å². The quantitative estimate of drug-likeness (QED) is 0.846. The van der Waals surface area contributed by atoms with E-state index in [1.54, 1.807) is 4.90 Å². The number of hydrogen-bond donors (Lipinski definition) is 1. The Hall–Kier alpha value is -1.21. The van der Waals surface area contributed by atoms with Crippen molar-refractivity contribution in [2.75, 3.05) is 32.8 Å². The van der Waals surface area contributed by atoms with Crippen LogP contribution in [0.1, 0.15) is 32.6 Å². The van der Waals surface area contributed by atoms with E-state index in [-0.39, 0.29) is 24.6 Å². The summed E-state index contributed by atoms with van der Waals surface area (Å²) in [7, 11) is 0. The number of piperidine rings is 2. The summed E-state index contributed by atoms with van der Waals surface area (Å²) in [6.07, 6.45) is 2.68. The lowest BCUT2D eigenvalue weighted by Crippen LogP contribution is -2.50. The van der Waals surface area contributed by atoms with Gasteiger partial charge in [0.1, 0.15) is 6.10 Å². The number of carbonyl (C=O) groups excluding carboxylic acids is 2. The SMILES string of the molecule is CCOC(=O)N1CCC(N2CCC(OC(N)=O)CC2)CC1.Cl. The first-order valence-corrected chi connectivity index (χ1v) is 7.72. The number of primary amides is 1. The zero-order chi connectivity index (χ0) is 15.2. The largest absolute Gasteiger partial charge is 0.450 e. The fourth-order valence-electron chi connectivity index (χ4n) is 3.15. The van der Waals surface area contributed by atoms with Gasteiger partial charge in [-0.2, -0.15) is 0 Å². The van der Waals surface area contributed by atoms with Gasteiger partial charge in [-0.1, -0.05) is 0 Å². The first-order valence-electron chi connectivity index (χ1n) is 7.72. The van der Waals surface area contributed by atoms with Crippen LogP contribution in [0.3, 0.4) is 0 Å². The van der Waals surface area contributed by atoms with Crippen molar-refractivity contribution in [1.82, 2.24) is 9.80 Å². The van der Waals surface area contributed by atoms with Crippen molar-refractivity contribution in [2.45, 2.75) is 44.8 Å². The molecule has 2 saturated heterocycles. The molecule has 0 aliphatic carbocycles. The zero-order valence-electron chi connectivity index (χ0n) is 13.0. The van der Waals surface area contributed by atoms with E-state index in [9.17, 15) is 9.59 Å². The number of ether oxygens (including phenoxy) is 2. The topological polar surface area (TPSA) is 85.1 Å². The van der Waals surface area contributed by atoms with E-state index in [1.807, 2.05) is 6.92 Å². The van der Waals surface area contributed by atoms with Gasteiger partial charge in [0.25, 0.3) is 0 Å². The smallest absolute Gasteiger partial charge is 0.409 e. The Labute approximate surface area is 137 Å². The Bertz CT molecular complexity index is 367. The van der Waals surface area contributed by atoms with Crippen LogP contribution in [-0.2, 0) is 9.47 Å². The second-order valence-electron chi connectivity index (χ2n) is 5.59. The highest BCUT2D eigenvalue weighted by Gasteiger charge is 2.30. The van der Waals surface area contributed by atoms with Crippen LogP contribution in [0.4, 0.5) is 9.59 Å². The Balaban J connectivity index is 0.00000242. The molecule has 8 heteroatoms. The van der Waals surface area contributed by atoms with Crippen molar-refractivity contribution in [2.24, 2.45) is 5.73 Å². The van der Waals surface area contributed by atoms with Gasteiger partial charge in [0.2, 0.25) is 0 Å². The van der Waals surface area contributed by atoms with Gasteiger partial charge in [0.05, 0.1) is 6.61 Å². The maximum absolute atomic E-state index is 11.7. The number of likely N-dealkylation sites (tertiary alicyclic amines) is 2. The molecule has 0 aromatic heterocycles. The van der Waals surface area contributed by atoms with E-state index in [4.69, 9.17) is 15.2 Å². The summed E-state index contributed by atoms with van der Waals surface area (Å²) < 4.78 is 10.1. The van der Waals surface area contributed by atoms with Crippen molar-refractivity contribution in [3.63, 3.8) is 0 Å². The summed E-state index contributed by atoms with van der Waals surface area (Å²) in [6.45, 7) is 5.58. The van der Waals surface area contributed by atoms with E-state index in [1.165, 1.54) is 0 Å². The normalized spacial score (nSPS) is 21.0. The second-order valence-corrected chi connectivity index (χ2v) is 5.59. The first-order chi connectivity index (χ1) is 10.1. The van der Waals surface area contributed by atoms with Crippen molar-refractivity contribution < 1.29 is 19.1 Å². The van der Waals surface area contributed by atoms with Crippen LogP contribution in [0.15, 0.2) is 0 Å². The van der Waals surface area contributed by atoms with E-state index < -0.39 is 6.09 Å². The molecular weight excluding hydrogens is 310 g/mol. The molecule has 0 bridgehead atoms. The minimum absolute atomic E-state index is 0. The molecule has 0 atom stereocenters. The number of halogens is 1. The van der Waals surface area contributed by atoms with Gasteiger partial charge >= 0.3 is 12.2 Å². The monoisotopic (exact) mass is 335 g/mol. The van der Waals surface area contributed by atoms with Gasteiger partial charge in [0.15, 0.2) is 0 Å². The highest BCUT2D eigenvalue weighted by molar-refractivity contribution is 5.85. The van der Waals surface area contributed by atoms with Crippen LogP contribution in [0, 0.1) is 0 Å². The predicted molar refractivity (Wildman–Crippen MR) is 84.1 cm³/mol. The number of carbonyl (C=O) groups is 2. The van der Waals surface area contributed by atoms with Crippen LogP contribution < -0.4 is 5.73 Å². The molecule has 7 nitrogen and oxygen atoms in total. The number of nitrogens with zero attached hydrogens (tertiary/aromatic N) is 2. The molecule has 2 fully saturated rings. The molecule has 2 amide bonds. The number of rotatable bonds is 3. The first kappa shape index (κ1) is 18.8. The molecule has 128 valence electrons. The van der Waals surface area contributed by atoms with E-state index in [0.29, 0.717) is 12.6 Å². The maximum atomic E-state index is 11.7. The van der Waals surface area contributed by atoms with Crippen LogP contribution in [0.5, 0.6) is 0 Å². The molecule has 0 aromatic rings. The molecule has 2 N–H and O–H groups in total. The predicted octanol–water partition coefficient (Wildman–Crippen LogP) is 1.59. The number of nitrogens with two attached hydrogens (primary N) is 1. The summed E-state index contributed by atoms with van der Waals surface area (Å²) in [4.78, 5) is 26.6. The third-order valence-electron chi connectivity index (χ3n) is 4.27. The Morgan fingerprint density at radius 3 is 2.18 bits per heavy atom. The third-order valence-corrected chi connectivity index (χ3v) is 4.27. The molecular formula is C14H26ClN3O4. The lowest BCUT2D eigenvalue weighted by Gasteiger charge is -2.41. The standard InChI is InChI=1S/C14H25N3O4.ClH/c1-2-20-14(19)17-7-3-11(4-8-17)16-9-5-12(6-10-16)21-13(15)18;/h11-12H,2-10H2,1H3,(H2,15,18);1H. The molecule has 0 aromatic carbocycles. The highest BCUT2D eigenvalue weighted by Crippen LogP contribution is 2.22. The molecule has 2 rings (SSSR count). The van der Waals surface area contributed by atoms with Crippen LogP contribution >= 0.6 is 12.4 Å². The molecule has 0 unspecified atom stereocenters. The fraction of sp³-hybridized carbons (Fsp3) is 0.857. The second kappa shape index (κ2) is 9.05. The van der Waals surface area contributed by atoms with Gasteiger partial charge in [-0.3, -0.25) is 4.90 Å². The summed E-state index contributed by atoms with van der Waals surface area (Å²) in [5, 5.41) is 0. The lowest BCUT2D eigenvalue weighted by molar-refractivity contribution is 0.0259. The molecule has 0 spiro atoms. The summed E-state index contributed by atoms with van der Waals surface area (Å²) in [5.74, 6) is 0. The van der Waals surface area contributed by atoms with Crippen molar-refractivity contribution >= 4 is 24.6 Å². The number of amides is 2.